The smallest absolute Gasteiger partial charge is 0.306 e. The van der Waals surface area contributed by atoms with Crippen molar-refractivity contribution in [3.8, 4) is 0 Å². The SMILES string of the molecule is CCCCCCCCC(CCCCCCCC)OC(=O)CCCCCCCN(C(=O)C(C)OCCOCCO)C(CC)CCCCC(=O)O. The van der Waals surface area contributed by atoms with E-state index in [4.69, 9.17) is 24.4 Å². The molecule has 0 fully saturated rings. The Morgan fingerprint density at radius 3 is 1.73 bits per heavy atom. The summed E-state index contributed by atoms with van der Waals surface area (Å²) >= 11 is 0. The first-order valence-electron chi connectivity index (χ1n) is 20.3. The lowest BCUT2D eigenvalue weighted by molar-refractivity contribution is -0.150. The van der Waals surface area contributed by atoms with Crippen molar-refractivity contribution in [1.29, 1.82) is 0 Å². The highest BCUT2D eigenvalue weighted by atomic mass is 16.5. The summed E-state index contributed by atoms with van der Waals surface area (Å²) in [5.74, 6) is -0.893. The number of hydrogen-bond donors (Lipinski definition) is 2. The molecule has 0 saturated carbocycles. The summed E-state index contributed by atoms with van der Waals surface area (Å²) in [4.78, 5) is 39.1. The van der Waals surface area contributed by atoms with Gasteiger partial charge in [0.05, 0.1) is 26.4 Å². The number of aliphatic carboxylic acids is 1. The number of aliphatic hydroxyl groups excluding tert-OH is 1. The highest BCUT2D eigenvalue weighted by Crippen LogP contribution is 2.20. The number of carboxylic acid groups (broad SMARTS) is 1. The molecule has 0 aliphatic heterocycles. The summed E-state index contributed by atoms with van der Waals surface area (Å²) in [6.07, 6.45) is 24.6. The maximum Gasteiger partial charge on any atom is 0.306 e. The molecule has 0 saturated heterocycles. The van der Waals surface area contributed by atoms with Gasteiger partial charge in [0.2, 0.25) is 0 Å². The van der Waals surface area contributed by atoms with E-state index in [1.54, 1.807) is 6.92 Å². The third-order valence-corrected chi connectivity index (χ3v) is 9.39. The number of carbonyl (C=O) groups is 3. The topological polar surface area (TPSA) is 123 Å². The van der Waals surface area contributed by atoms with Gasteiger partial charge in [-0.05, 0) is 64.7 Å². The molecule has 49 heavy (non-hydrogen) atoms. The maximum absolute atomic E-state index is 13.5. The summed E-state index contributed by atoms with van der Waals surface area (Å²) in [6, 6.07) is 0.0355. The van der Waals surface area contributed by atoms with E-state index in [1.807, 2.05) is 4.90 Å². The second kappa shape index (κ2) is 34.7. The largest absolute Gasteiger partial charge is 0.481 e. The van der Waals surface area contributed by atoms with E-state index < -0.39 is 12.1 Å². The summed E-state index contributed by atoms with van der Waals surface area (Å²) in [6.45, 7) is 9.74. The Morgan fingerprint density at radius 1 is 0.633 bits per heavy atom. The number of carboxylic acids is 1. The lowest BCUT2D eigenvalue weighted by Gasteiger charge is -2.33. The second-order valence-corrected chi connectivity index (χ2v) is 13.8. The Balaban J connectivity index is 4.72. The van der Waals surface area contributed by atoms with Crippen LogP contribution >= 0.6 is 0 Å². The predicted molar refractivity (Wildman–Crippen MR) is 199 cm³/mol. The van der Waals surface area contributed by atoms with Gasteiger partial charge < -0.3 is 29.3 Å². The molecule has 2 N–H and O–H groups in total. The molecule has 2 atom stereocenters. The van der Waals surface area contributed by atoms with Gasteiger partial charge in [0.25, 0.3) is 5.91 Å². The third-order valence-electron chi connectivity index (χ3n) is 9.39. The van der Waals surface area contributed by atoms with Crippen molar-refractivity contribution in [3.05, 3.63) is 0 Å². The van der Waals surface area contributed by atoms with Gasteiger partial charge in [-0.25, -0.2) is 0 Å². The fourth-order valence-electron chi connectivity index (χ4n) is 6.36. The van der Waals surface area contributed by atoms with E-state index in [0.29, 0.717) is 26.0 Å². The zero-order valence-corrected chi connectivity index (χ0v) is 32.2. The minimum absolute atomic E-state index is 0.0355. The van der Waals surface area contributed by atoms with Gasteiger partial charge in [0.15, 0.2) is 0 Å². The summed E-state index contributed by atoms with van der Waals surface area (Å²) in [5, 5.41) is 17.9. The molecule has 0 heterocycles. The molecule has 0 aromatic rings. The molecular weight excluding hydrogens is 622 g/mol. The first kappa shape index (κ1) is 47.3. The van der Waals surface area contributed by atoms with E-state index in [9.17, 15) is 14.4 Å². The quantitative estimate of drug-likeness (QED) is 0.0486. The van der Waals surface area contributed by atoms with Crippen molar-refractivity contribution in [2.45, 2.75) is 206 Å². The van der Waals surface area contributed by atoms with E-state index in [1.165, 1.54) is 64.2 Å². The van der Waals surface area contributed by atoms with Crippen LogP contribution in [0.3, 0.4) is 0 Å². The predicted octanol–water partition coefficient (Wildman–Crippen LogP) is 9.41. The van der Waals surface area contributed by atoms with Crippen LogP contribution in [0.1, 0.15) is 188 Å². The molecule has 0 aromatic heterocycles. The van der Waals surface area contributed by atoms with Gasteiger partial charge in [-0.1, -0.05) is 111 Å². The van der Waals surface area contributed by atoms with Gasteiger partial charge in [0, 0.05) is 25.4 Å². The van der Waals surface area contributed by atoms with Gasteiger partial charge >= 0.3 is 11.9 Å². The van der Waals surface area contributed by atoms with Crippen LogP contribution in [0.25, 0.3) is 0 Å². The average molecular weight is 700 g/mol. The van der Waals surface area contributed by atoms with Crippen LogP contribution in [0.5, 0.6) is 0 Å². The molecule has 9 nitrogen and oxygen atoms in total. The average Bonchev–Trinajstić information content (AvgIpc) is 3.08. The molecule has 1 amide bonds. The molecule has 0 aliphatic rings. The van der Waals surface area contributed by atoms with Crippen molar-refractivity contribution < 1.29 is 38.8 Å². The van der Waals surface area contributed by atoms with Crippen LogP contribution in [0, 0.1) is 0 Å². The monoisotopic (exact) mass is 700 g/mol. The maximum atomic E-state index is 13.5. The molecule has 0 bridgehead atoms. The number of ether oxygens (including phenoxy) is 3. The van der Waals surface area contributed by atoms with Gasteiger partial charge in [0.1, 0.15) is 12.2 Å². The van der Waals surface area contributed by atoms with Crippen molar-refractivity contribution >= 4 is 17.8 Å². The van der Waals surface area contributed by atoms with E-state index in [-0.39, 0.29) is 50.3 Å². The Kier molecular flexibility index (Phi) is 33.5. The van der Waals surface area contributed by atoms with Crippen molar-refractivity contribution in [2.24, 2.45) is 0 Å². The number of hydrogen-bond acceptors (Lipinski definition) is 7. The molecule has 0 spiro atoms. The number of carbonyl (C=O) groups excluding carboxylic acids is 2. The summed E-state index contributed by atoms with van der Waals surface area (Å²) < 4.78 is 17.0. The standard InChI is InChI=1S/C40H77NO8/c1-5-8-10-12-15-19-26-37(27-20-16-13-11-9-6-2)49-39(45)29-21-17-14-18-24-30-41(36(7-3)25-22-23-28-38(43)44)40(46)35(4)48-34-33-47-32-31-42/h35-37,42H,5-34H2,1-4H3,(H,43,44). The first-order chi connectivity index (χ1) is 23.8. The van der Waals surface area contributed by atoms with Crippen LogP contribution in [0.2, 0.25) is 0 Å². The minimum atomic E-state index is -0.791. The van der Waals surface area contributed by atoms with Crippen LogP contribution in [0.15, 0.2) is 0 Å². The summed E-state index contributed by atoms with van der Waals surface area (Å²) in [5.41, 5.74) is 0. The second-order valence-electron chi connectivity index (χ2n) is 13.8. The zero-order chi connectivity index (χ0) is 36.4. The number of aliphatic hydroxyl groups is 1. The van der Waals surface area contributed by atoms with Gasteiger partial charge in [-0.2, -0.15) is 0 Å². The lowest BCUT2D eigenvalue weighted by atomic mass is 10.0. The lowest BCUT2D eigenvalue weighted by Crippen LogP contribution is -2.46. The molecular formula is C40H77NO8. The highest BCUT2D eigenvalue weighted by molar-refractivity contribution is 5.80. The van der Waals surface area contributed by atoms with Crippen LogP contribution in [-0.2, 0) is 28.6 Å². The highest BCUT2D eigenvalue weighted by Gasteiger charge is 2.26. The number of rotatable bonds is 37. The van der Waals surface area contributed by atoms with E-state index in [0.717, 1.165) is 77.0 Å². The van der Waals surface area contributed by atoms with Crippen LogP contribution in [0.4, 0.5) is 0 Å². The molecule has 0 radical (unpaired) electrons. The van der Waals surface area contributed by atoms with Gasteiger partial charge in [-0.15, -0.1) is 0 Å². The number of amides is 1. The van der Waals surface area contributed by atoms with Crippen LogP contribution in [-0.4, -0.2) is 84.2 Å². The van der Waals surface area contributed by atoms with Crippen molar-refractivity contribution in [1.82, 2.24) is 4.90 Å². The Hall–Kier alpha value is -1.71. The van der Waals surface area contributed by atoms with E-state index in [2.05, 4.69) is 20.8 Å². The minimum Gasteiger partial charge on any atom is -0.481 e. The number of unbranched alkanes of at least 4 members (excludes halogenated alkanes) is 15. The molecule has 290 valence electrons. The summed E-state index contributed by atoms with van der Waals surface area (Å²) in [7, 11) is 0. The Bertz CT molecular complexity index is 763. The van der Waals surface area contributed by atoms with Gasteiger partial charge in [-0.3, -0.25) is 14.4 Å². The molecule has 0 rings (SSSR count). The number of nitrogens with zero attached hydrogens (tertiary/aromatic N) is 1. The van der Waals surface area contributed by atoms with E-state index >= 15 is 0 Å². The Morgan fingerprint density at radius 2 is 1.16 bits per heavy atom. The first-order valence-corrected chi connectivity index (χ1v) is 20.3. The fraction of sp³-hybridized carbons (Fsp3) is 0.925. The van der Waals surface area contributed by atoms with Crippen molar-refractivity contribution in [3.63, 3.8) is 0 Å². The zero-order valence-electron chi connectivity index (χ0n) is 32.2. The third kappa shape index (κ3) is 28.7. The molecule has 9 heteroatoms. The number of esters is 1. The van der Waals surface area contributed by atoms with Crippen molar-refractivity contribution in [2.75, 3.05) is 33.0 Å². The fourth-order valence-corrected chi connectivity index (χ4v) is 6.36. The molecule has 2 unspecified atom stereocenters. The molecule has 0 aromatic carbocycles. The van der Waals surface area contributed by atoms with Crippen LogP contribution < -0.4 is 0 Å². The molecule has 0 aliphatic carbocycles. The Labute approximate surface area is 300 Å². The normalized spacial score (nSPS) is 12.7.